The van der Waals surface area contributed by atoms with Crippen LogP contribution in [-0.2, 0) is 16.0 Å². The van der Waals surface area contributed by atoms with Crippen molar-refractivity contribution in [3.63, 3.8) is 0 Å². The summed E-state index contributed by atoms with van der Waals surface area (Å²) in [5.74, 6) is -0.305. The third-order valence-electron chi connectivity index (χ3n) is 5.54. The Hall–Kier alpha value is -2.37. The van der Waals surface area contributed by atoms with Gasteiger partial charge in [-0.05, 0) is 54.7 Å². The summed E-state index contributed by atoms with van der Waals surface area (Å²) < 4.78 is 0. The van der Waals surface area contributed by atoms with Crippen LogP contribution >= 0.6 is 0 Å². The van der Waals surface area contributed by atoms with Crippen molar-refractivity contribution in [1.29, 1.82) is 0 Å². The molecule has 2 aliphatic rings. The van der Waals surface area contributed by atoms with Crippen LogP contribution in [0.3, 0.4) is 0 Å². The summed E-state index contributed by atoms with van der Waals surface area (Å²) in [6.45, 7) is 8.13. The van der Waals surface area contributed by atoms with Gasteiger partial charge in [0.25, 0.3) is 5.91 Å². The van der Waals surface area contributed by atoms with Gasteiger partial charge in [-0.3, -0.25) is 14.5 Å². The zero-order valence-corrected chi connectivity index (χ0v) is 16.6. The maximum absolute atomic E-state index is 13.1. The number of nitrogens with one attached hydrogen (secondary N) is 2. The molecule has 1 aliphatic heterocycles. The molecule has 27 heavy (non-hydrogen) atoms. The van der Waals surface area contributed by atoms with E-state index in [1.54, 1.807) is 6.07 Å². The highest BCUT2D eigenvalue weighted by Gasteiger charge is 2.56. The number of rotatable bonds is 4. The number of imide groups is 1. The molecule has 1 aromatic carbocycles. The van der Waals surface area contributed by atoms with Crippen LogP contribution < -0.4 is 10.6 Å². The highest BCUT2D eigenvalue weighted by molar-refractivity contribution is 6.10. The lowest BCUT2D eigenvalue weighted by Crippen LogP contribution is -2.54. The summed E-state index contributed by atoms with van der Waals surface area (Å²) >= 11 is 0. The standard InChI is InChI=1S/C21H29N3O3/c1-5-15-7-6-8-16(9-15)22-17(25)12-24-18(26)21(23-19(24)27)11-14(2)10-20(3,4)13-21/h6-9,14H,5,10-13H2,1-4H3,(H,22,25)(H,23,27). The van der Waals surface area contributed by atoms with E-state index in [0.717, 1.165) is 23.3 Å². The van der Waals surface area contributed by atoms with Gasteiger partial charge in [-0.25, -0.2) is 4.79 Å². The van der Waals surface area contributed by atoms with E-state index in [1.807, 2.05) is 25.1 Å². The Morgan fingerprint density at radius 3 is 2.70 bits per heavy atom. The zero-order chi connectivity index (χ0) is 19.8. The van der Waals surface area contributed by atoms with Crippen LogP contribution in [0, 0.1) is 11.3 Å². The number of nitrogens with zero attached hydrogens (tertiary/aromatic N) is 1. The fraction of sp³-hybridized carbons (Fsp3) is 0.571. The summed E-state index contributed by atoms with van der Waals surface area (Å²) in [6.07, 6.45) is 3.11. The van der Waals surface area contributed by atoms with Crippen molar-refractivity contribution < 1.29 is 14.4 Å². The van der Waals surface area contributed by atoms with Gasteiger partial charge in [0.1, 0.15) is 12.1 Å². The van der Waals surface area contributed by atoms with E-state index in [-0.39, 0.29) is 23.8 Å². The second-order valence-corrected chi connectivity index (χ2v) is 8.86. The van der Waals surface area contributed by atoms with Crippen molar-refractivity contribution in [2.45, 2.75) is 58.9 Å². The fourth-order valence-corrected chi connectivity index (χ4v) is 4.86. The number of urea groups is 1. The zero-order valence-electron chi connectivity index (χ0n) is 16.6. The minimum Gasteiger partial charge on any atom is -0.325 e. The SMILES string of the molecule is CCc1cccc(NC(=O)CN2C(=O)NC3(CC(C)CC(C)(C)C3)C2=O)c1. The Morgan fingerprint density at radius 1 is 1.30 bits per heavy atom. The second-order valence-electron chi connectivity index (χ2n) is 8.86. The van der Waals surface area contributed by atoms with Gasteiger partial charge in [0.2, 0.25) is 5.91 Å². The Kier molecular flexibility index (Phi) is 5.02. The Morgan fingerprint density at radius 2 is 2.04 bits per heavy atom. The van der Waals surface area contributed by atoms with Crippen LogP contribution in [-0.4, -0.2) is 34.8 Å². The van der Waals surface area contributed by atoms with Gasteiger partial charge >= 0.3 is 6.03 Å². The Labute approximate surface area is 160 Å². The molecular formula is C21H29N3O3. The number of benzene rings is 1. The fourth-order valence-electron chi connectivity index (χ4n) is 4.86. The molecule has 1 heterocycles. The van der Waals surface area contributed by atoms with E-state index in [9.17, 15) is 14.4 Å². The van der Waals surface area contributed by atoms with Gasteiger partial charge in [0.15, 0.2) is 0 Å². The first-order valence-corrected chi connectivity index (χ1v) is 9.67. The van der Waals surface area contributed by atoms with Crippen molar-refractivity contribution in [1.82, 2.24) is 10.2 Å². The summed E-state index contributed by atoms with van der Waals surface area (Å²) in [5, 5.41) is 5.69. The molecule has 0 bridgehead atoms. The molecule has 1 aromatic rings. The normalized spacial score (nSPS) is 27.0. The van der Waals surface area contributed by atoms with Crippen LogP contribution in [0.1, 0.15) is 52.5 Å². The van der Waals surface area contributed by atoms with Crippen LogP contribution in [0.4, 0.5) is 10.5 Å². The van der Waals surface area contributed by atoms with Gasteiger partial charge in [-0.15, -0.1) is 0 Å². The number of anilines is 1. The molecule has 2 N–H and O–H groups in total. The number of hydrogen-bond acceptors (Lipinski definition) is 3. The van der Waals surface area contributed by atoms with Crippen molar-refractivity contribution in [3.8, 4) is 0 Å². The average molecular weight is 371 g/mol. The van der Waals surface area contributed by atoms with Gasteiger partial charge in [0, 0.05) is 5.69 Å². The molecule has 0 aromatic heterocycles. The van der Waals surface area contributed by atoms with E-state index in [2.05, 4.69) is 31.4 Å². The maximum Gasteiger partial charge on any atom is 0.325 e. The molecule has 3 rings (SSSR count). The third kappa shape index (κ3) is 3.99. The van der Waals surface area contributed by atoms with Crippen LogP contribution in [0.15, 0.2) is 24.3 Å². The van der Waals surface area contributed by atoms with Gasteiger partial charge in [0.05, 0.1) is 0 Å². The van der Waals surface area contributed by atoms with Crippen molar-refractivity contribution in [2.24, 2.45) is 11.3 Å². The third-order valence-corrected chi connectivity index (χ3v) is 5.54. The quantitative estimate of drug-likeness (QED) is 0.797. The van der Waals surface area contributed by atoms with Crippen molar-refractivity contribution in [2.75, 3.05) is 11.9 Å². The molecule has 2 unspecified atom stereocenters. The number of carbonyl (C=O) groups excluding carboxylic acids is 3. The molecule has 6 nitrogen and oxygen atoms in total. The van der Waals surface area contributed by atoms with Crippen LogP contribution in [0.25, 0.3) is 0 Å². The van der Waals surface area contributed by atoms with Crippen LogP contribution in [0.2, 0.25) is 0 Å². The number of hydrogen-bond donors (Lipinski definition) is 2. The molecule has 146 valence electrons. The smallest absolute Gasteiger partial charge is 0.325 e. The lowest BCUT2D eigenvalue weighted by Gasteiger charge is -2.43. The Balaban J connectivity index is 1.71. The molecule has 1 saturated carbocycles. The summed E-state index contributed by atoms with van der Waals surface area (Å²) in [7, 11) is 0. The highest BCUT2D eigenvalue weighted by Crippen LogP contribution is 2.46. The van der Waals surface area contributed by atoms with E-state index >= 15 is 0 Å². The van der Waals surface area contributed by atoms with E-state index in [4.69, 9.17) is 0 Å². The average Bonchev–Trinajstić information content (AvgIpc) is 2.76. The molecule has 0 radical (unpaired) electrons. The Bertz CT molecular complexity index is 774. The monoisotopic (exact) mass is 371 g/mol. The topological polar surface area (TPSA) is 78.5 Å². The van der Waals surface area contributed by atoms with E-state index in [1.165, 1.54) is 0 Å². The maximum atomic E-state index is 13.1. The van der Waals surface area contributed by atoms with Crippen LogP contribution in [0.5, 0.6) is 0 Å². The number of aryl methyl sites for hydroxylation is 1. The van der Waals surface area contributed by atoms with Gasteiger partial charge in [-0.2, -0.15) is 0 Å². The van der Waals surface area contributed by atoms with Crippen molar-refractivity contribution in [3.05, 3.63) is 29.8 Å². The minimum atomic E-state index is -0.874. The largest absolute Gasteiger partial charge is 0.325 e. The molecule has 2 fully saturated rings. The summed E-state index contributed by atoms with van der Waals surface area (Å²) in [4.78, 5) is 39.1. The molecule has 1 saturated heterocycles. The first-order chi connectivity index (χ1) is 12.6. The summed E-state index contributed by atoms with van der Waals surface area (Å²) in [5.41, 5.74) is 0.883. The molecule has 4 amide bonds. The predicted molar refractivity (Wildman–Crippen MR) is 104 cm³/mol. The molecule has 1 spiro atoms. The number of carbonyl (C=O) groups is 3. The van der Waals surface area contributed by atoms with Gasteiger partial charge in [-0.1, -0.05) is 39.8 Å². The van der Waals surface area contributed by atoms with Crippen molar-refractivity contribution >= 4 is 23.5 Å². The van der Waals surface area contributed by atoms with E-state index < -0.39 is 11.6 Å². The first-order valence-electron chi connectivity index (χ1n) is 9.67. The minimum absolute atomic E-state index is 0.0283. The summed E-state index contributed by atoms with van der Waals surface area (Å²) in [6, 6.07) is 7.10. The molecule has 6 heteroatoms. The lowest BCUT2D eigenvalue weighted by atomic mass is 9.64. The second kappa shape index (κ2) is 6.98. The predicted octanol–water partition coefficient (Wildman–Crippen LogP) is 3.32. The molecule has 1 aliphatic carbocycles. The molecular weight excluding hydrogens is 342 g/mol. The lowest BCUT2D eigenvalue weighted by molar-refractivity contribution is -0.136. The first kappa shape index (κ1) is 19.4. The highest BCUT2D eigenvalue weighted by atomic mass is 16.2. The van der Waals surface area contributed by atoms with E-state index in [0.29, 0.717) is 24.4 Å². The van der Waals surface area contributed by atoms with Gasteiger partial charge < -0.3 is 10.6 Å². The number of amides is 4. The molecule has 2 atom stereocenters.